The summed E-state index contributed by atoms with van der Waals surface area (Å²) in [4.78, 5) is 20.5. The van der Waals surface area contributed by atoms with Crippen molar-refractivity contribution in [3.63, 3.8) is 0 Å². The molecule has 0 fully saturated rings. The van der Waals surface area contributed by atoms with Crippen LogP contribution in [0.3, 0.4) is 0 Å². The van der Waals surface area contributed by atoms with Crippen LogP contribution in [0.4, 0.5) is 5.82 Å². The van der Waals surface area contributed by atoms with Gasteiger partial charge in [-0.2, -0.15) is 5.10 Å². The zero-order valence-electron chi connectivity index (χ0n) is 14.7. The minimum Gasteiger partial charge on any atom is -0.383 e. The van der Waals surface area contributed by atoms with Crippen LogP contribution < -0.4 is 11.2 Å². The quantitative estimate of drug-likeness (QED) is 0.510. The molecule has 3 aromatic rings. The fourth-order valence-electron chi connectivity index (χ4n) is 2.28. The van der Waals surface area contributed by atoms with Gasteiger partial charge in [-0.15, -0.1) is 5.10 Å². The summed E-state index contributed by atoms with van der Waals surface area (Å²) in [6.07, 6.45) is 3.15. The van der Waals surface area contributed by atoms with E-state index >= 15 is 0 Å². The van der Waals surface area contributed by atoms with Crippen molar-refractivity contribution in [2.75, 3.05) is 5.73 Å². The summed E-state index contributed by atoms with van der Waals surface area (Å²) in [5.41, 5.74) is 10.6. The van der Waals surface area contributed by atoms with Crippen molar-refractivity contribution in [1.29, 1.82) is 0 Å². The van der Waals surface area contributed by atoms with Crippen molar-refractivity contribution < 1.29 is 4.79 Å². The van der Waals surface area contributed by atoms with E-state index < -0.39 is 5.91 Å². The smallest absolute Gasteiger partial charge is 0.293 e. The molecular weight excluding hydrogens is 368 g/mol. The Morgan fingerprint density at radius 1 is 1.33 bits per heavy atom. The number of nitrogens with two attached hydrogens (primary N) is 1. The third-order valence-electron chi connectivity index (χ3n) is 3.79. The number of rotatable bonds is 5. The lowest BCUT2D eigenvalue weighted by molar-refractivity contribution is 0.0949. The number of hydrazone groups is 1. The van der Waals surface area contributed by atoms with Gasteiger partial charge in [0.25, 0.3) is 5.91 Å². The molecule has 0 saturated carbocycles. The van der Waals surface area contributed by atoms with Gasteiger partial charge < -0.3 is 5.73 Å². The average Bonchev–Trinajstić information content (AvgIpc) is 3.00. The van der Waals surface area contributed by atoms with Gasteiger partial charge in [0.1, 0.15) is 11.6 Å². The Labute approximate surface area is 160 Å². The Kier molecular flexibility index (Phi) is 5.41. The fraction of sp³-hybridized carbons (Fsp3) is 0.176. The number of nitrogens with zero attached hydrogens (tertiary/aromatic N) is 6. The first-order chi connectivity index (χ1) is 12.9. The van der Waals surface area contributed by atoms with Gasteiger partial charge in [-0.05, 0) is 31.5 Å². The summed E-state index contributed by atoms with van der Waals surface area (Å²) in [7, 11) is 0. The number of benzene rings is 1. The van der Waals surface area contributed by atoms with Crippen LogP contribution in [0.5, 0.6) is 0 Å². The van der Waals surface area contributed by atoms with E-state index in [1.54, 1.807) is 49.0 Å². The van der Waals surface area contributed by atoms with E-state index in [9.17, 15) is 4.79 Å². The average molecular weight is 385 g/mol. The molecule has 0 aliphatic carbocycles. The Morgan fingerprint density at radius 2 is 2.07 bits per heavy atom. The predicted molar refractivity (Wildman–Crippen MR) is 102 cm³/mol. The number of carbonyl (C=O) groups is 1. The van der Waals surface area contributed by atoms with Crippen molar-refractivity contribution in [3.05, 3.63) is 63.8 Å². The molecule has 0 atom stereocenters. The summed E-state index contributed by atoms with van der Waals surface area (Å²) in [6, 6.07) is 7.04. The molecule has 0 unspecified atom stereocenters. The minimum absolute atomic E-state index is 0.176. The van der Waals surface area contributed by atoms with Gasteiger partial charge in [0.05, 0.1) is 18.5 Å². The number of aryl methyl sites for hydroxylation is 1. The lowest BCUT2D eigenvalue weighted by Gasteiger charge is -2.06. The lowest BCUT2D eigenvalue weighted by Crippen LogP contribution is -2.19. The second-order valence-electron chi connectivity index (χ2n) is 5.76. The highest BCUT2D eigenvalue weighted by Gasteiger charge is 2.17. The number of nitrogen functional groups attached to an aromatic ring is 1. The van der Waals surface area contributed by atoms with Crippen LogP contribution in [0.2, 0.25) is 5.02 Å². The Bertz CT molecular complexity index is 997. The van der Waals surface area contributed by atoms with Gasteiger partial charge >= 0.3 is 0 Å². The fourth-order valence-corrected chi connectivity index (χ4v) is 2.41. The zero-order chi connectivity index (χ0) is 19.4. The highest BCUT2D eigenvalue weighted by molar-refractivity contribution is 6.30. The van der Waals surface area contributed by atoms with Crippen LogP contribution in [-0.4, -0.2) is 37.1 Å². The van der Waals surface area contributed by atoms with Crippen LogP contribution in [0.1, 0.15) is 33.1 Å². The Hall–Kier alpha value is -3.33. The van der Waals surface area contributed by atoms with Crippen molar-refractivity contribution in [1.82, 2.24) is 30.4 Å². The summed E-state index contributed by atoms with van der Waals surface area (Å²) in [5, 5.41) is 12.5. The number of hydrogen-bond acceptors (Lipinski definition) is 7. The molecule has 2 aromatic heterocycles. The molecular formula is C17H17ClN8O. The molecule has 1 amide bonds. The molecule has 0 aliphatic rings. The molecule has 0 saturated heterocycles. The van der Waals surface area contributed by atoms with Crippen LogP contribution >= 0.6 is 11.6 Å². The topological polar surface area (TPSA) is 124 Å². The van der Waals surface area contributed by atoms with Crippen LogP contribution in [0, 0.1) is 13.8 Å². The van der Waals surface area contributed by atoms with Crippen molar-refractivity contribution in [3.8, 4) is 0 Å². The summed E-state index contributed by atoms with van der Waals surface area (Å²) >= 11 is 5.82. The number of aromatic nitrogens is 5. The normalized spacial score (nSPS) is 11.1. The van der Waals surface area contributed by atoms with Crippen LogP contribution in [0.15, 0.2) is 35.6 Å². The minimum atomic E-state index is -0.461. The molecule has 1 aromatic carbocycles. The maximum absolute atomic E-state index is 12.3. The molecule has 0 radical (unpaired) electrons. The Morgan fingerprint density at radius 3 is 2.78 bits per heavy atom. The first-order valence-corrected chi connectivity index (χ1v) is 8.39. The third-order valence-corrected chi connectivity index (χ3v) is 4.04. The summed E-state index contributed by atoms with van der Waals surface area (Å²) in [5.74, 6) is 0.498. The standard InChI is InChI=1S/C17H17ClN8O/c1-10-15(17(27)24-21-7-12-3-5-14(18)6-4-12)23-25-26(10)9-13-8-20-11(2)22-16(13)19/h3-8H,9H2,1-2H3,(H,24,27)(H2,19,20,22)/b21-7+. The summed E-state index contributed by atoms with van der Waals surface area (Å²) in [6.45, 7) is 3.81. The molecule has 0 aliphatic heterocycles. The zero-order valence-corrected chi connectivity index (χ0v) is 15.5. The summed E-state index contributed by atoms with van der Waals surface area (Å²) < 4.78 is 1.56. The maximum Gasteiger partial charge on any atom is 0.293 e. The Balaban J connectivity index is 1.68. The second-order valence-corrected chi connectivity index (χ2v) is 6.20. The molecule has 2 heterocycles. The van der Waals surface area contributed by atoms with Crippen molar-refractivity contribution >= 4 is 29.5 Å². The van der Waals surface area contributed by atoms with E-state index in [1.165, 1.54) is 6.21 Å². The predicted octanol–water partition coefficient (Wildman–Crippen LogP) is 1.73. The van der Waals surface area contributed by atoms with Gasteiger partial charge in [0.2, 0.25) is 0 Å². The second kappa shape index (κ2) is 7.92. The monoisotopic (exact) mass is 384 g/mol. The van der Waals surface area contributed by atoms with E-state index in [4.69, 9.17) is 17.3 Å². The van der Waals surface area contributed by atoms with Gasteiger partial charge in [-0.3, -0.25) is 4.79 Å². The van der Waals surface area contributed by atoms with E-state index in [2.05, 4.69) is 30.8 Å². The van der Waals surface area contributed by atoms with Gasteiger partial charge in [-0.1, -0.05) is 28.9 Å². The van der Waals surface area contributed by atoms with E-state index in [0.29, 0.717) is 34.5 Å². The van der Waals surface area contributed by atoms with Crippen LogP contribution in [0.25, 0.3) is 0 Å². The molecule has 27 heavy (non-hydrogen) atoms. The number of carbonyl (C=O) groups excluding carboxylic acids is 1. The molecule has 3 rings (SSSR count). The number of nitrogens with one attached hydrogen (secondary N) is 1. The molecule has 9 nitrogen and oxygen atoms in total. The highest BCUT2D eigenvalue weighted by Crippen LogP contribution is 2.12. The first-order valence-electron chi connectivity index (χ1n) is 8.01. The largest absolute Gasteiger partial charge is 0.383 e. The van der Waals surface area contributed by atoms with Gasteiger partial charge in [-0.25, -0.2) is 20.1 Å². The molecule has 10 heteroatoms. The number of hydrogen-bond donors (Lipinski definition) is 2. The van der Waals surface area contributed by atoms with Gasteiger partial charge in [0, 0.05) is 16.8 Å². The molecule has 138 valence electrons. The van der Waals surface area contributed by atoms with E-state index in [-0.39, 0.29) is 5.69 Å². The SMILES string of the molecule is Cc1ncc(Cn2nnc(C(=O)N/N=C/c3ccc(Cl)cc3)c2C)c(N)n1. The van der Waals surface area contributed by atoms with Gasteiger partial charge in [0.15, 0.2) is 5.69 Å². The van der Waals surface area contributed by atoms with Crippen LogP contribution in [-0.2, 0) is 6.54 Å². The van der Waals surface area contributed by atoms with Crippen molar-refractivity contribution in [2.24, 2.45) is 5.10 Å². The molecule has 0 spiro atoms. The van der Waals surface area contributed by atoms with E-state index in [0.717, 1.165) is 5.56 Å². The highest BCUT2D eigenvalue weighted by atomic mass is 35.5. The van der Waals surface area contributed by atoms with E-state index in [1.807, 2.05) is 0 Å². The number of amides is 1. The maximum atomic E-state index is 12.3. The molecule has 3 N–H and O–H groups in total. The molecule has 0 bridgehead atoms. The number of anilines is 1. The van der Waals surface area contributed by atoms with Crippen molar-refractivity contribution in [2.45, 2.75) is 20.4 Å². The third kappa shape index (κ3) is 4.45. The number of halogens is 1. The first kappa shape index (κ1) is 18.5. The lowest BCUT2D eigenvalue weighted by atomic mass is 10.2.